The third-order valence-electron chi connectivity index (χ3n) is 2.47. The summed E-state index contributed by atoms with van der Waals surface area (Å²) < 4.78 is 5.09. The Kier molecular flexibility index (Phi) is 3.62. The molecule has 1 N–H and O–H groups in total. The van der Waals surface area contributed by atoms with Crippen molar-refractivity contribution in [2.24, 2.45) is 0 Å². The van der Waals surface area contributed by atoms with Crippen LogP contribution in [0.4, 0.5) is 0 Å². The van der Waals surface area contributed by atoms with Gasteiger partial charge in [-0.1, -0.05) is 6.07 Å². The van der Waals surface area contributed by atoms with Crippen LogP contribution in [0.2, 0.25) is 0 Å². The van der Waals surface area contributed by atoms with E-state index in [0.29, 0.717) is 5.88 Å². The van der Waals surface area contributed by atoms with E-state index >= 15 is 0 Å². The standard InChI is InChI=1S/C12H14N4O/c1-13-12(9-4-3-5-14-7-9)10-6-11(17-2)16-8-15-10/h3-8,12-13H,1-2H3. The average molecular weight is 230 g/mol. The van der Waals surface area contributed by atoms with Gasteiger partial charge < -0.3 is 10.1 Å². The number of nitrogens with zero attached hydrogens (tertiary/aromatic N) is 3. The predicted molar refractivity (Wildman–Crippen MR) is 63.7 cm³/mol. The van der Waals surface area contributed by atoms with Gasteiger partial charge in [-0.3, -0.25) is 4.98 Å². The highest BCUT2D eigenvalue weighted by atomic mass is 16.5. The molecule has 2 rings (SSSR count). The van der Waals surface area contributed by atoms with Crippen LogP contribution in [-0.4, -0.2) is 29.1 Å². The first-order valence-corrected chi connectivity index (χ1v) is 5.28. The van der Waals surface area contributed by atoms with Crippen molar-refractivity contribution in [3.05, 3.63) is 48.2 Å². The predicted octanol–water partition coefficient (Wildman–Crippen LogP) is 1.19. The fourth-order valence-electron chi connectivity index (χ4n) is 1.66. The lowest BCUT2D eigenvalue weighted by Gasteiger charge is -2.15. The lowest BCUT2D eigenvalue weighted by molar-refractivity contribution is 0.395. The number of hydrogen-bond donors (Lipinski definition) is 1. The monoisotopic (exact) mass is 230 g/mol. The Morgan fingerprint density at radius 2 is 2.24 bits per heavy atom. The molecule has 0 aromatic carbocycles. The summed E-state index contributed by atoms with van der Waals surface area (Å²) >= 11 is 0. The quantitative estimate of drug-likeness (QED) is 0.855. The third-order valence-corrected chi connectivity index (χ3v) is 2.47. The van der Waals surface area contributed by atoms with Gasteiger partial charge >= 0.3 is 0 Å². The molecule has 17 heavy (non-hydrogen) atoms. The molecule has 0 amide bonds. The summed E-state index contributed by atoms with van der Waals surface area (Å²) in [5.74, 6) is 0.555. The molecule has 0 saturated heterocycles. The van der Waals surface area contributed by atoms with Crippen LogP contribution in [0.5, 0.6) is 5.88 Å². The van der Waals surface area contributed by atoms with E-state index in [9.17, 15) is 0 Å². The van der Waals surface area contributed by atoms with Crippen LogP contribution in [0.1, 0.15) is 17.3 Å². The highest BCUT2D eigenvalue weighted by Gasteiger charge is 2.14. The second-order valence-corrected chi connectivity index (χ2v) is 3.49. The van der Waals surface area contributed by atoms with E-state index in [2.05, 4.69) is 20.3 Å². The number of methoxy groups -OCH3 is 1. The van der Waals surface area contributed by atoms with Crippen molar-refractivity contribution in [1.82, 2.24) is 20.3 Å². The number of pyridine rings is 1. The van der Waals surface area contributed by atoms with Gasteiger partial charge in [0.15, 0.2) is 0 Å². The number of nitrogens with one attached hydrogen (secondary N) is 1. The van der Waals surface area contributed by atoms with Gasteiger partial charge in [-0.2, -0.15) is 0 Å². The Morgan fingerprint density at radius 1 is 1.35 bits per heavy atom. The van der Waals surface area contributed by atoms with Crippen molar-refractivity contribution in [3.8, 4) is 5.88 Å². The first-order chi connectivity index (χ1) is 8.35. The van der Waals surface area contributed by atoms with Crippen molar-refractivity contribution in [3.63, 3.8) is 0 Å². The topological polar surface area (TPSA) is 59.9 Å². The van der Waals surface area contributed by atoms with E-state index in [1.54, 1.807) is 13.3 Å². The molecule has 5 heteroatoms. The maximum absolute atomic E-state index is 5.09. The second kappa shape index (κ2) is 5.36. The summed E-state index contributed by atoms with van der Waals surface area (Å²) in [5.41, 5.74) is 1.91. The summed E-state index contributed by atoms with van der Waals surface area (Å²) in [6, 6.07) is 5.70. The zero-order valence-corrected chi connectivity index (χ0v) is 9.79. The summed E-state index contributed by atoms with van der Waals surface area (Å²) in [6.07, 6.45) is 5.06. The largest absolute Gasteiger partial charge is 0.481 e. The molecular formula is C12H14N4O. The lowest BCUT2D eigenvalue weighted by Crippen LogP contribution is -2.19. The van der Waals surface area contributed by atoms with Gasteiger partial charge in [-0.05, 0) is 18.7 Å². The minimum absolute atomic E-state index is 0.0133. The zero-order chi connectivity index (χ0) is 12.1. The Labute approximate surface area is 99.9 Å². The fraction of sp³-hybridized carbons (Fsp3) is 0.250. The van der Waals surface area contributed by atoms with Crippen molar-refractivity contribution in [2.75, 3.05) is 14.2 Å². The van der Waals surface area contributed by atoms with Gasteiger partial charge in [-0.15, -0.1) is 0 Å². The number of aromatic nitrogens is 3. The summed E-state index contributed by atoms with van der Waals surface area (Å²) in [7, 11) is 3.47. The highest BCUT2D eigenvalue weighted by Crippen LogP contribution is 2.20. The first-order valence-electron chi connectivity index (χ1n) is 5.28. The molecule has 0 aliphatic heterocycles. The first kappa shape index (κ1) is 11.5. The van der Waals surface area contributed by atoms with E-state index in [1.165, 1.54) is 6.33 Å². The van der Waals surface area contributed by atoms with Crippen molar-refractivity contribution in [2.45, 2.75) is 6.04 Å². The minimum atomic E-state index is -0.0133. The molecule has 0 aliphatic rings. The Morgan fingerprint density at radius 3 is 2.88 bits per heavy atom. The van der Waals surface area contributed by atoms with Crippen molar-refractivity contribution >= 4 is 0 Å². The van der Waals surface area contributed by atoms with Gasteiger partial charge in [0.2, 0.25) is 5.88 Å². The number of hydrogen-bond acceptors (Lipinski definition) is 5. The van der Waals surface area contributed by atoms with Crippen LogP contribution in [0, 0.1) is 0 Å². The molecule has 2 aromatic rings. The molecule has 5 nitrogen and oxygen atoms in total. The molecule has 2 aromatic heterocycles. The molecule has 88 valence electrons. The van der Waals surface area contributed by atoms with Crippen LogP contribution < -0.4 is 10.1 Å². The van der Waals surface area contributed by atoms with E-state index in [0.717, 1.165) is 11.3 Å². The Balaban J connectivity index is 2.35. The Hall–Kier alpha value is -2.01. The van der Waals surface area contributed by atoms with E-state index in [4.69, 9.17) is 4.74 Å². The maximum Gasteiger partial charge on any atom is 0.216 e. The van der Waals surface area contributed by atoms with Gasteiger partial charge in [0.05, 0.1) is 18.8 Å². The van der Waals surface area contributed by atoms with E-state index in [-0.39, 0.29) is 6.04 Å². The van der Waals surface area contributed by atoms with E-state index in [1.807, 2.05) is 31.4 Å². The summed E-state index contributed by atoms with van der Waals surface area (Å²) in [4.78, 5) is 12.4. The van der Waals surface area contributed by atoms with Gasteiger partial charge in [-0.25, -0.2) is 9.97 Å². The second-order valence-electron chi connectivity index (χ2n) is 3.49. The normalized spacial score (nSPS) is 12.1. The molecule has 2 heterocycles. The fourth-order valence-corrected chi connectivity index (χ4v) is 1.66. The molecule has 1 unspecified atom stereocenters. The van der Waals surface area contributed by atoms with Gasteiger partial charge in [0.25, 0.3) is 0 Å². The molecule has 1 atom stereocenters. The van der Waals surface area contributed by atoms with Crippen LogP contribution in [0.25, 0.3) is 0 Å². The van der Waals surface area contributed by atoms with E-state index < -0.39 is 0 Å². The molecule has 0 saturated carbocycles. The molecular weight excluding hydrogens is 216 g/mol. The average Bonchev–Trinajstić information content (AvgIpc) is 2.41. The van der Waals surface area contributed by atoms with Crippen LogP contribution in [0.3, 0.4) is 0 Å². The maximum atomic E-state index is 5.09. The van der Waals surface area contributed by atoms with Crippen molar-refractivity contribution in [1.29, 1.82) is 0 Å². The number of rotatable bonds is 4. The van der Waals surface area contributed by atoms with Crippen LogP contribution >= 0.6 is 0 Å². The summed E-state index contributed by atoms with van der Waals surface area (Å²) in [5, 5.41) is 3.20. The van der Waals surface area contributed by atoms with Gasteiger partial charge in [0, 0.05) is 18.5 Å². The molecule has 0 spiro atoms. The molecule has 0 bridgehead atoms. The molecule has 0 aliphatic carbocycles. The molecule has 0 fully saturated rings. The van der Waals surface area contributed by atoms with Crippen molar-refractivity contribution < 1.29 is 4.74 Å². The highest BCUT2D eigenvalue weighted by molar-refractivity contribution is 5.27. The number of ether oxygens (including phenoxy) is 1. The SMILES string of the molecule is CNC(c1cccnc1)c1cc(OC)ncn1. The Bertz CT molecular complexity index is 475. The molecule has 0 radical (unpaired) electrons. The zero-order valence-electron chi connectivity index (χ0n) is 9.79. The van der Waals surface area contributed by atoms with Crippen LogP contribution in [-0.2, 0) is 0 Å². The van der Waals surface area contributed by atoms with Crippen LogP contribution in [0.15, 0.2) is 36.9 Å². The lowest BCUT2D eigenvalue weighted by atomic mass is 10.1. The smallest absolute Gasteiger partial charge is 0.216 e. The minimum Gasteiger partial charge on any atom is -0.481 e. The third kappa shape index (κ3) is 2.57. The summed E-state index contributed by atoms with van der Waals surface area (Å²) in [6.45, 7) is 0. The van der Waals surface area contributed by atoms with Gasteiger partial charge in [0.1, 0.15) is 6.33 Å².